The van der Waals surface area contributed by atoms with Gasteiger partial charge in [-0.15, -0.1) is 0 Å². The first-order valence-electron chi connectivity index (χ1n) is 5.75. The van der Waals surface area contributed by atoms with Crippen molar-refractivity contribution >= 4 is 37.5 Å². The van der Waals surface area contributed by atoms with Crippen LogP contribution >= 0.6 is 15.9 Å². The number of ether oxygens (including phenoxy) is 1. The fourth-order valence-electron chi connectivity index (χ4n) is 2.03. The second kappa shape index (κ2) is 5.85. The fourth-order valence-corrected chi connectivity index (χ4v) is 3.10. The number of halogens is 3. The Labute approximate surface area is 128 Å². The number of carbonyl (C=O) groups is 1. The number of alkyl halides is 2. The molecule has 0 radical (unpaired) electrons. The zero-order chi connectivity index (χ0) is 15.8. The van der Waals surface area contributed by atoms with Gasteiger partial charge in [0.2, 0.25) is 15.9 Å². The number of rotatable bonds is 4. The average molecular weight is 385 g/mol. The molecule has 21 heavy (non-hydrogen) atoms. The van der Waals surface area contributed by atoms with Crippen molar-refractivity contribution in [1.29, 1.82) is 0 Å². The first-order chi connectivity index (χ1) is 9.68. The van der Waals surface area contributed by atoms with Gasteiger partial charge in [0.05, 0.1) is 5.69 Å². The Kier molecular flexibility index (Phi) is 4.49. The number of hydrogen-bond acceptors (Lipinski definition) is 4. The molecule has 1 atom stereocenters. The van der Waals surface area contributed by atoms with E-state index in [-0.39, 0.29) is 24.4 Å². The molecule has 1 aromatic rings. The molecule has 0 saturated carbocycles. The highest BCUT2D eigenvalue weighted by atomic mass is 79.9. The maximum absolute atomic E-state index is 12.4. The molecule has 6 nitrogen and oxygen atoms in total. The lowest BCUT2D eigenvalue weighted by atomic mass is 10.2. The van der Waals surface area contributed by atoms with Crippen LogP contribution in [-0.4, -0.2) is 32.7 Å². The fraction of sp³-hybridized carbons (Fsp3) is 0.364. The summed E-state index contributed by atoms with van der Waals surface area (Å²) >= 11 is 3.11. The summed E-state index contributed by atoms with van der Waals surface area (Å²) in [6.07, 6.45) is -0.289. The average Bonchev–Trinajstić information content (AvgIpc) is 2.70. The molecule has 2 rings (SSSR count). The van der Waals surface area contributed by atoms with Gasteiger partial charge in [0.1, 0.15) is 5.25 Å². The maximum Gasteiger partial charge on any atom is 0.387 e. The Morgan fingerprint density at radius 2 is 2.10 bits per heavy atom. The Bertz CT molecular complexity index is 668. The molecule has 0 aromatic heterocycles. The third kappa shape index (κ3) is 3.69. The number of amides is 1. The molecule has 1 heterocycles. The lowest BCUT2D eigenvalue weighted by Gasteiger charge is -2.20. The number of sulfonamides is 1. The summed E-state index contributed by atoms with van der Waals surface area (Å²) in [5.41, 5.74) is 0.0784. The quantitative estimate of drug-likeness (QED) is 0.850. The van der Waals surface area contributed by atoms with E-state index in [2.05, 4.69) is 20.7 Å². The topological polar surface area (TPSA) is 89.7 Å². The first kappa shape index (κ1) is 16.1. The summed E-state index contributed by atoms with van der Waals surface area (Å²) in [4.78, 5) is 13.0. The SMILES string of the molecule is NS(=O)(=O)C1CC(=O)N(c2ccc(Br)cc2OC(F)F)C1. The second-order valence-electron chi connectivity index (χ2n) is 4.41. The van der Waals surface area contributed by atoms with Crippen molar-refractivity contribution in [2.75, 3.05) is 11.4 Å². The van der Waals surface area contributed by atoms with Crippen LogP contribution in [0.5, 0.6) is 5.75 Å². The second-order valence-corrected chi connectivity index (χ2v) is 7.17. The molecule has 0 bridgehead atoms. The van der Waals surface area contributed by atoms with Crippen molar-refractivity contribution in [3.63, 3.8) is 0 Å². The van der Waals surface area contributed by atoms with Crippen LogP contribution in [0.2, 0.25) is 0 Å². The van der Waals surface area contributed by atoms with Gasteiger partial charge in [0.25, 0.3) is 0 Å². The lowest BCUT2D eigenvalue weighted by molar-refractivity contribution is -0.117. The molecule has 2 N–H and O–H groups in total. The summed E-state index contributed by atoms with van der Waals surface area (Å²) in [7, 11) is -3.88. The van der Waals surface area contributed by atoms with E-state index in [0.717, 1.165) is 4.90 Å². The Balaban J connectivity index is 2.36. The van der Waals surface area contributed by atoms with Crippen molar-refractivity contribution < 1.29 is 26.7 Å². The predicted molar refractivity (Wildman–Crippen MR) is 74.6 cm³/mol. The Hall–Kier alpha value is -1.26. The Morgan fingerprint density at radius 1 is 1.43 bits per heavy atom. The molecule has 116 valence electrons. The molecule has 1 aliphatic rings. The van der Waals surface area contributed by atoms with E-state index in [9.17, 15) is 22.0 Å². The number of nitrogens with zero attached hydrogens (tertiary/aromatic N) is 1. The number of carbonyl (C=O) groups excluding carboxylic acids is 1. The highest BCUT2D eigenvalue weighted by molar-refractivity contribution is 9.10. The van der Waals surface area contributed by atoms with Crippen LogP contribution in [0.25, 0.3) is 0 Å². The zero-order valence-electron chi connectivity index (χ0n) is 10.5. The van der Waals surface area contributed by atoms with Crippen LogP contribution in [0.1, 0.15) is 6.42 Å². The number of nitrogens with two attached hydrogens (primary N) is 1. The smallest absolute Gasteiger partial charge is 0.387 e. The molecule has 0 aliphatic carbocycles. The van der Waals surface area contributed by atoms with Gasteiger partial charge >= 0.3 is 6.61 Å². The minimum Gasteiger partial charge on any atom is -0.433 e. The molecule has 1 aromatic carbocycles. The summed E-state index contributed by atoms with van der Waals surface area (Å²) < 4.78 is 52.3. The largest absolute Gasteiger partial charge is 0.433 e. The van der Waals surface area contributed by atoms with Gasteiger partial charge in [0, 0.05) is 17.4 Å². The highest BCUT2D eigenvalue weighted by Crippen LogP contribution is 2.35. The van der Waals surface area contributed by atoms with Crippen molar-refractivity contribution in [1.82, 2.24) is 0 Å². The van der Waals surface area contributed by atoms with Gasteiger partial charge in [-0.05, 0) is 18.2 Å². The van der Waals surface area contributed by atoms with Gasteiger partial charge in [0.15, 0.2) is 5.75 Å². The van der Waals surface area contributed by atoms with Gasteiger partial charge in [-0.3, -0.25) is 4.79 Å². The van der Waals surface area contributed by atoms with Crippen LogP contribution < -0.4 is 14.8 Å². The zero-order valence-corrected chi connectivity index (χ0v) is 12.9. The van der Waals surface area contributed by atoms with Crippen molar-refractivity contribution in [3.05, 3.63) is 22.7 Å². The van der Waals surface area contributed by atoms with Crippen LogP contribution in [0.15, 0.2) is 22.7 Å². The molecule has 0 spiro atoms. The Morgan fingerprint density at radius 3 is 2.62 bits per heavy atom. The van der Waals surface area contributed by atoms with E-state index in [4.69, 9.17) is 5.14 Å². The van der Waals surface area contributed by atoms with E-state index in [0.29, 0.717) is 4.47 Å². The van der Waals surface area contributed by atoms with Crippen LogP contribution in [0.4, 0.5) is 14.5 Å². The van der Waals surface area contributed by atoms with E-state index in [1.165, 1.54) is 18.2 Å². The van der Waals surface area contributed by atoms with Crippen molar-refractivity contribution in [3.8, 4) is 5.75 Å². The molecular weight excluding hydrogens is 374 g/mol. The van der Waals surface area contributed by atoms with Crippen LogP contribution in [0, 0.1) is 0 Å². The third-order valence-electron chi connectivity index (χ3n) is 2.98. The standard InChI is InChI=1S/C11H11BrF2N2O4S/c12-6-1-2-8(9(3-6)20-11(13)14)16-5-7(4-10(16)17)21(15,18)19/h1-3,7,11H,4-5H2,(H2,15,18,19). The molecule has 1 amide bonds. The third-order valence-corrected chi connectivity index (χ3v) is 4.72. The number of anilines is 1. The van der Waals surface area contributed by atoms with E-state index < -0.39 is 27.8 Å². The summed E-state index contributed by atoms with van der Waals surface area (Å²) in [5, 5.41) is 3.96. The number of hydrogen-bond donors (Lipinski definition) is 1. The van der Waals surface area contributed by atoms with Crippen molar-refractivity contribution in [2.45, 2.75) is 18.3 Å². The van der Waals surface area contributed by atoms with E-state index in [1.54, 1.807) is 0 Å². The summed E-state index contributed by atoms with van der Waals surface area (Å²) in [5.74, 6) is -0.738. The van der Waals surface area contributed by atoms with Gasteiger partial charge in [-0.1, -0.05) is 15.9 Å². The van der Waals surface area contributed by atoms with Crippen molar-refractivity contribution in [2.24, 2.45) is 5.14 Å². The maximum atomic E-state index is 12.4. The minimum atomic E-state index is -3.88. The van der Waals surface area contributed by atoms with Gasteiger partial charge in [-0.2, -0.15) is 8.78 Å². The number of primary sulfonamides is 1. The number of benzene rings is 1. The summed E-state index contributed by atoms with van der Waals surface area (Å²) in [6, 6.07) is 4.20. The van der Waals surface area contributed by atoms with E-state index in [1.807, 2.05) is 0 Å². The highest BCUT2D eigenvalue weighted by Gasteiger charge is 2.38. The lowest BCUT2D eigenvalue weighted by Crippen LogP contribution is -2.32. The normalized spacial score (nSPS) is 19.4. The minimum absolute atomic E-state index is 0.0784. The monoisotopic (exact) mass is 384 g/mol. The molecule has 1 aliphatic heterocycles. The molecule has 10 heteroatoms. The molecular formula is C11H11BrF2N2O4S. The molecule has 1 unspecified atom stereocenters. The van der Waals surface area contributed by atoms with Gasteiger partial charge in [-0.25, -0.2) is 13.6 Å². The molecule has 1 saturated heterocycles. The molecule has 1 fully saturated rings. The van der Waals surface area contributed by atoms with Crippen LogP contribution in [0.3, 0.4) is 0 Å². The first-order valence-corrected chi connectivity index (χ1v) is 8.15. The predicted octanol–water partition coefficient (Wildman–Crippen LogP) is 1.44. The van der Waals surface area contributed by atoms with Crippen LogP contribution in [-0.2, 0) is 14.8 Å². The van der Waals surface area contributed by atoms with Gasteiger partial charge < -0.3 is 9.64 Å². The van der Waals surface area contributed by atoms with E-state index >= 15 is 0 Å². The summed E-state index contributed by atoms with van der Waals surface area (Å²) in [6.45, 7) is -3.26.